The molecule has 2 rings (SSSR count). The molecule has 0 saturated carbocycles. The first kappa shape index (κ1) is 12.2. The van der Waals surface area contributed by atoms with Crippen molar-refractivity contribution in [1.82, 2.24) is 5.32 Å². The lowest BCUT2D eigenvalue weighted by molar-refractivity contribution is 0.251. The highest BCUT2D eigenvalue weighted by molar-refractivity contribution is 5.43. The maximum absolute atomic E-state index is 5.67. The van der Waals surface area contributed by atoms with Crippen molar-refractivity contribution in [3.05, 3.63) is 23.8 Å². The molecule has 3 heteroatoms. The van der Waals surface area contributed by atoms with E-state index in [1.807, 2.05) is 19.1 Å². The highest BCUT2D eigenvalue weighted by atomic mass is 16.5. The lowest BCUT2D eigenvalue weighted by Crippen LogP contribution is -2.27. The zero-order valence-corrected chi connectivity index (χ0v) is 10.7. The maximum atomic E-state index is 5.67. The van der Waals surface area contributed by atoms with Gasteiger partial charge in [-0.25, -0.2) is 0 Å². The average Bonchev–Trinajstić information content (AvgIpc) is 2.36. The Morgan fingerprint density at radius 2 is 2.29 bits per heavy atom. The lowest BCUT2D eigenvalue weighted by Gasteiger charge is -2.27. The minimum Gasteiger partial charge on any atom is -0.494 e. The normalized spacial score (nSPS) is 18.4. The van der Waals surface area contributed by atoms with E-state index in [-0.39, 0.29) is 0 Å². The van der Waals surface area contributed by atoms with Gasteiger partial charge in [0.05, 0.1) is 13.2 Å². The van der Waals surface area contributed by atoms with Gasteiger partial charge >= 0.3 is 0 Å². The van der Waals surface area contributed by atoms with Crippen LogP contribution >= 0.6 is 0 Å². The first-order valence-corrected chi connectivity index (χ1v) is 6.48. The van der Waals surface area contributed by atoms with Gasteiger partial charge in [-0.1, -0.05) is 6.92 Å². The predicted molar refractivity (Wildman–Crippen MR) is 68.8 cm³/mol. The second kappa shape index (κ2) is 5.92. The number of nitrogens with one attached hydrogen (secondary N) is 1. The van der Waals surface area contributed by atoms with Crippen LogP contribution in [0.4, 0.5) is 0 Å². The Balaban J connectivity index is 2.18. The maximum Gasteiger partial charge on any atom is 0.124 e. The molecular weight excluding hydrogens is 214 g/mol. The fourth-order valence-electron chi connectivity index (χ4n) is 2.16. The fraction of sp³-hybridized carbons (Fsp3) is 0.571. The van der Waals surface area contributed by atoms with Crippen molar-refractivity contribution in [2.75, 3.05) is 19.8 Å². The number of fused-ring (bicyclic) bond motifs is 1. The van der Waals surface area contributed by atoms with Crippen molar-refractivity contribution in [2.24, 2.45) is 0 Å². The van der Waals surface area contributed by atoms with Crippen LogP contribution in [0.3, 0.4) is 0 Å². The van der Waals surface area contributed by atoms with Gasteiger partial charge in [-0.2, -0.15) is 0 Å². The highest BCUT2D eigenvalue weighted by Crippen LogP contribution is 2.34. The summed E-state index contributed by atoms with van der Waals surface area (Å²) in [6, 6.07) is 6.50. The molecule has 1 atom stereocenters. The van der Waals surface area contributed by atoms with Gasteiger partial charge in [0.25, 0.3) is 0 Å². The topological polar surface area (TPSA) is 30.5 Å². The van der Waals surface area contributed by atoms with E-state index in [4.69, 9.17) is 9.47 Å². The van der Waals surface area contributed by atoms with Crippen LogP contribution in [0, 0.1) is 0 Å². The number of ether oxygens (including phenoxy) is 2. The molecule has 0 spiro atoms. The molecule has 0 radical (unpaired) electrons. The zero-order chi connectivity index (χ0) is 12.1. The minimum atomic E-state index is 0.402. The summed E-state index contributed by atoms with van der Waals surface area (Å²) in [5, 5.41) is 3.56. The van der Waals surface area contributed by atoms with Crippen molar-refractivity contribution in [2.45, 2.75) is 32.7 Å². The van der Waals surface area contributed by atoms with Gasteiger partial charge in [0.15, 0.2) is 0 Å². The second-order valence-corrected chi connectivity index (χ2v) is 4.28. The molecule has 1 aromatic rings. The van der Waals surface area contributed by atoms with E-state index in [0.29, 0.717) is 12.6 Å². The molecule has 17 heavy (non-hydrogen) atoms. The largest absolute Gasteiger partial charge is 0.494 e. The van der Waals surface area contributed by atoms with E-state index >= 15 is 0 Å². The third-order valence-electron chi connectivity index (χ3n) is 2.97. The van der Waals surface area contributed by atoms with E-state index in [2.05, 4.69) is 18.3 Å². The van der Waals surface area contributed by atoms with Gasteiger partial charge in [-0.05, 0) is 38.1 Å². The molecule has 3 nitrogen and oxygen atoms in total. The molecule has 1 heterocycles. The van der Waals surface area contributed by atoms with Gasteiger partial charge < -0.3 is 14.8 Å². The Kier molecular flexibility index (Phi) is 4.26. The Bertz CT molecular complexity index is 365. The molecule has 0 amide bonds. The molecule has 0 fully saturated rings. The van der Waals surface area contributed by atoms with E-state index in [9.17, 15) is 0 Å². The number of hydrogen-bond acceptors (Lipinski definition) is 3. The van der Waals surface area contributed by atoms with Gasteiger partial charge in [0, 0.05) is 18.0 Å². The first-order valence-electron chi connectivity index (χ1n) is 6.48. The van der Waals surface area contributed by atoms with Gasteiger partial charge in [-0.3, -0.25) is 0 Å². The molecule has 1 aromatic carbocycles. The number of hydrogen-bond donors (Lipinski definition) is 1. The van der Waals surface area contributed by atoms with Crippen molar-refractivity contribution >= 4 is 0 Å². The van der Waals surface area contributed by atoms with Crippen LogP contribution in [0.15, 0.2) is 18.2 Å². The SMILES string of the molecule is CCCNC1CCOc2ccc(OCC)cc21. The van der Waals surface area contributed by atoms with Crippen LogP contribution in [-0.4, -0.2) is 19.8 Å². The third-order valence-corrected chi connectivity index (χ3v) is 2.97. The summed E-state index contributed by atoms with van der Waals surface area (Å²) in [5.41, 5.74) is 1.23. The summed E-state index contributed by atoms with van der Waals surface area (Å²) in [5.74, 6) is 1.92. The molecule has 1 unspecified atom stereocenters. The van der Waals surface area contributed by atoms with Crippen molar-refractivity contribution in [3.63, 3.8) is 0 Å². The predicted octanol–water partition coefficient (Wildman–Crippen LogP) is 2.91. The van der Waals surface area contributed by atoms with Crippen molar-refractivity contribution in [3.8, 4) is 11.5 Å². The summed E-state index contributed by atoms with van der Waals surface area (Å²) >= 11 is 0. The molecule has 1 N–H and O–H groups in total. The molecule has 0 bridgehead atoms. The molecule has 1 aliphatic rings. The summed E-state index contributed by atoms with van der Waals surface area (Å²) in [4.78, 5) is 0. The molecule has 0 aromatic heterocycles. The Morgan fingerprint density at radius 3 is 3.06 bits per heavy atom. The zero-order valence-electron chi connectivity index (χ0n) is 10.7. The van der Waals surface area contributed by atoms with Crippen LogP contribution in [-0.2, 0) is 0 Å². The molecular formula is C14H21NO2. The van der Waals surface area contributed by atoms with Crippen LogP contribution in [0.1, 0.15) is 38.3 Å². The Hall–Kier alpha value is -1.22. The standard InChI is InChI=1S/C14H21NO2/c1-3-8-15-13-7-9-17-14-6-5-11(16-4-2)10-12(13)14/h5-6,10,13,15H,3-4,7-9H2,1-2H3. The average molecular weight is 235 g/mol. The van der Waals surface area contributed by atoms with E-state index < -0.39 is 0 Å². The van der Waals surface area contributed by atoms with Gasteiger partial charge in [0.1, 0.15) is 11.5 Å². The van der Waals surface area contributed by atoms with Crippen LogP contribution < -0.4 is 14.8 Å². The van der Waals surface area contributed by atoms with Gasteiger partial charge in [-0.15, -0.1) is 0 Å². The first-order chi connectivity index (χ1) is 8.35. The van der Waals surface area contributed by atoms with Crippen LogP contribution in [0.2, 0.25) is 0 Å². The number of rotatable bonds is 5. The van der Waals surface area contributed by atoms with Gasteiger partial charge in [0.2, 0.25) is 0 Å². The molecule has 0 aliphatic carbocycles. The molecule has 0 saturated heterocycles. The van der Waals surface area contributed by atoms with E-state index in [0.717, 1.165) is 37.5 Å². The number of benzene rings is 1. The second-order valence-electron chi connectivity index (χ2n) is 4.28. The Morgan fingerprint density at radius 1 is 1.41 bits per heavy atom. The fourth-order valence-corrected chi connectivity index (χ4v) is 2.16. The van der Waals surface area contributed by atoms with Crippen molar-refractivity contribution < 1.29 is 9.47 Å². The van der Waals surface area contributed by atoms with Crippen molar-refractivity contribution in [1.29, 1.82) is 0 Å². The van der Waals surface area contributed by atoms with E-state index in [1.165, 1.54) is 5.56 Å². The summed E-state index contributed by atoms with van der Waals surface area (Å²) < 4.78 is 11.2. The Labute approximate surface area is 103 Å². The van der Waals surface area contributed by atoms with Crippen LogP contribution in [0.25, 0.3) is 0 Å². The molecule has 1 aliphatic heterocycles. The quantitative estimate of drug-likeness (QED) is 0.851. The highest BCUT2D eigenvalue weighted by Gasteiger charge is 2.21. The van der Waals surface area contributed by atoms with E-state index in [1.54, 1.807) is 0 Å². The minimum absolute atomic E-state index is 0.402. The summed E-state index contributed by atoms with van der Waals surface area (Å²) in [7, 11) is 0. The van der Waals surface area contributed by atoms with Crippen LogP contribution in [0.5, 0.6) is 11.5 Å². The lowest BCUT2D eigenvalue weighted by atomic mass is 10.00. The monoisotopic (exact) mass is 235 g/mol. The summed E-state index contributed by atoms with van der Waals surface area (Å²) in [6.07, 6.45) is 2.18. The third kappa shape index (κ3) is 2.91. The smallest absolute Gasteiger partial charge is 0.124 e. The summed E-state index contributed by atoms with van der Waals surface area (Å²) in [6.45, 7) is 6.73. The molecule has 94 valence electrons.